The van der Waals surface area contributed by atoms with E-state index in [9.17, 15) is 13.2 Å². The van der Waals surface area contributed by atoms with Gasteiger partial charge in [0.1, 0.15) is 17.9 Å². The number of carbonyl (C=O) groups is 1. The number of ether oxygens (including phenoxy) is 2. The van der Waals surface area contributed by atoms with Gasteiger partial charge in [-0.3, -0.25) is 4.31 Å². The van der Waals surface area contributed by atoms with E-state index < -0.39 is 16.0 Å². The van der Waals surface area contributed by atoms with Crippen molar-refractivity contribution in [1.82, 2.24) is 4.90 Å². The zero-order valence-corrected chi connectivity index (χ0v) is 19.0. The van der Waals surface area contributed by atoms with Crippen LogP contribution in [0.1, 0.15) is 29.8 Å². The van der Waals surface area contributed by atoms with Crippen molar-refractivity contribution in [3.63, 3.8) is 0 Å². The molecule has 0 aromatic heterocycles. The fourth-order valence-corrected chi connectivity index (χ4v) is 4.12. The molecular weight excluding hydrogens is 404 g/mol. The first-order valence-electron chi connectivity index (χ1n) is 9.87. The molecule has 0 aliphatic carbocycles. The number of sulfonamides is 1. The van der Waals surface area contributed by atoms with Crippen LogP contribution in [0.4, 0.5) is 5.69 Å². The molecule has 2 rings (SSSR count). The van der Waals surface area contributed by atoms with E-state index in [1.807, 2.05) is 20.8 Å². The quantitative estimate of drug-likeness (QED) is 0.534. The van der Waals surface area contributed by atoms with Crippen LogP contribution in [0.15, 0.2) is 47.4 Å². The summed E-state index contributed by atoms with van der Waals surface area (Å²) < 4.78 is 37.7. The third-order valence-electron chi connectivity index (χ3n) is 4.98. The number of anilines is 1. The Bertz CT molecular complexity index is 954. The Kier molecular flexibility index (Phi) is 8.25. The zero-order chi connectivity index (χ0) is 22.3. The number of hydrogen-bond donors (Lipinski definition) is 0. The molecule has 0 aliphatic heterocycles. The molecule has 0 spiro atoms. The molecule has 0 N–H and O–H groups in total. The van der Waals surface area contributed by atoms with Crippen molar-refractivity contribution in [1.29, 1.82) is 0 Å². The Morgan fingerprint density at radius 2 is 1.67 bits per heavy atom. The second kappa shape index (κ2) is 10.4. The maximum Gasteiger partial charge on any atom is 0.341 e. The van der Waals surface area contributed by atoms with E-state index >= 15 is 0 Å². The molecule has 2 aromatic carbocycles. The standard InChI is InChI=1S/C22H30N2O5S/c1-6-24(7-2)14-15-29-22(25)20-13-10-18(16-21(20)28-5)23(4)30(26,27)19-11-8-17(3)9-12-19/h8-13,16H,6-7,14-15H2,1-5H3. The lowest BCUT2D eigenvalue weighted by molar-refractivity contribution is 0.0463. The summed E-state index contributed by atoms with van der Waals surface area (Å²) >= 11 is 0. The van der Waals surface area contributed by atoms with E-state index in [1.54, 1.807) is 30.3 Å². The second-order valence-corrected chi connectivity index (χ2v) is 8.80. The first-order valence-corrected chi connectivity index (χ1v) is 11.3. The molecule has 0 saturated carbocycles. The van der Waals surface area contributed by atoms with E-state index in [4.69, 9.17) is 9.47 Å². The van der Waals surface area contributed by atoms with Gasteiger partial charge in [0.2, 0.25) is 0 Å². The zero-order valence-electron chi connectivity index (χ0n) is 18.2. The number of benzene rings is 2. The fourth-order valence-electron chi connectivity index (χ4n) is 2.94. The average molecular weight is 435 g/mol. The van der Waals surface area contributed by atoms with Crippen LogP contribution in [0.2, 0.25) is 0 Å². The lowest BCUT2D eigenvalue weighted by Gasteiger charge is -2.21. The number of aryl methyl sites for hydroxylation is 1. The normalized spacial score (nSPS) is 11.4. The van der Waals surface area contributed by atoms with Crippen molar-refractivity contribution in [2.45, 2.75) is 25.7 Å². The van der Waals surface area contributed by atoms with Gasteiger partial charge in [0.25, 0.3) is 10.0 Å². The first-order chi connectivity index (χ1) is 14.2. The van der Waals surface area contributed by atoms with Gasteiger partial charge >= 0.3 is 5.97 Å². The molecule has 0 saturated heterocycles. The highest BCUT2D eigenvalue weighted by Crippen LogP contribution is 2.29. The van der Waals surface area contributed by atoms with Gasteiger partial charge < -0.3 is 14.4 Å². The summed E-state index contributed by atoms with van der Waals surface area (Å²) in [6.45, 7) is 8.68. The van der Waals surface area contributed by atoms with Gasteiger partial charge in [-0.05, 0) is 44.3 Å². The third kappa shape index (κ3) is 5.52. The fraction of sp³-hybridized carbons (Fsp3) is 0.409. The summed E-state index contributed by atoms with van der Waals surface area (Å²) in [6.07, 6.45) is 0. The lowest BCUT2D eigenvalue weighted by atomic mass is 10.2. The Morgan fingerprint density at radius 1 is 1.03 bits per heavy atom. The molecule has 0 bridgehead atoms. The number of nitrogens with zero attached hydrogens (tertiary/aromatic N) is 2. The van der Waals surface area contributed by atoms with Gasteiger partial charge in [0.15, 0.2) is 0 Å². The summed E-state index contributed by atoms with van der Waals surface area (Å²) in [5.74, 6) is -0.249. The number of rotatable bonds is 10. The highest BCUT2D eigenvalue weighted by atomic mass is 32.2. The molecule has 0 fully saturated rings. The Hall–Kier alpha value is -2.58. The molecule has 8 heteroatoms. The van der Waals surface area contributed by atoms with Crippen molar-refractivity contribution in [3.8, 4) is 5.75 Å². The highest BCUT2D eigenvalue weighted by Gasteiger charge is 2.23. The number of carbonyl (C=O) groups excluding carboxylic acids is 1. The summed E-state index contributed by atoms with van der Waals surface area (Å²) in [6, 6.07) is 11.2. The van der Waals surface area contributed by atoms with Crippen molar-refractivity contribution in [2.75, 3.05) is 44.7 Å². The topological polar surface area (TPSA) is 76.2 Å². The van der Waals surface area contributed by atoms with Crippen LogP contribution in [0.25, 0.3) is 0 Å². The second-order valence-electron chi connectivity index (χ2n) is 6.83. The van der Waals surface area contributed by atoms with Crippen LogP contribution in [0.3, 0.4) is 0 Å². The Morgan fingerprint density at radius 3 is 2.23 bits per heavy atom. The van der Waals surface area contributed by atoms with Gasteiger partial charge in [0, 0.05) is 19.7 Å². The monoisotopic (exact) mass is 434 g/mol. The van der Waals surface area contributed by atoms with Crippen LogP contribution in [-0.4, -0.2) is 59.7 Å². The molecule has 0 atom stereocenters. The van der Waals surface area contributed by atoms with Gasteiger partial charge in [-0.1, -0.05) is 31.5 Å². The van der Waals surface area contributed by atoms with Crippen LogP contribution < -0.4 is 9.04 Å². The van der Waals surface area contributed by atoms with Gasteiger partial charge in [-0.2, -0.15) is 0 Å². The number of likely N-dealkylation sites (N-methyl/N-ethyl adjacent to an activating group) is 1. The highest BCUT2D eigenvalue weighted by molar-refractivity contribution is 7.92. The van der Waals surface area contributed by atoms with E-state index in [1.165, 1.54) is 26.3 Å². The first kappa shape index (κ1) is 23.7. The van der Waals surface area contributed by atoms with E-state index in [-0.39, 0.29) is 22.8 Å². The molecule has 0 radical (unpaired) electrons. The molecule has 7 nitrogen and oxygen atoms in total. The number of esters is 1. The SMILES string of the molecule is CCN(CC)CCOC(=O)c1ccc(N(C)S(=O)(=O)c2ccc(C)cc2)cc1OC. The van der Waals surface area contributed by atoms with Gasteiger partial charge in [0.05, 0.1) is 17.7 Å². The van der Waals surface area contributed by atoms with Crippen LogP contribution in [0, 0.1) is 6.92 Å². The largest absolute Gasteiger partial charge is 0.496 e. The van der Waals surface area contributed by atoms with Crippen LogP contribution in [0.5, 0.6) is 5.75 Å². The summed E-state index contributed by atoms with van der Waals surface area (Å²) in [5, 5.41) is 0. The molecule has 0 amide bonds. The maximum atomic E-state index is 12.9. The van der Waals surface area contributed by atoms with Gasteiger partial charge in [-0.15, -0.1) is 0 Å². The minimum absolute atomic E-state index is 0.189. The maximum absolute atomic E-state index is 12.9. The van der Waals surface area contributed by atoms with Crippen molar-refractivity contribution < 1.29 is 22.7 Å². The summed E-state index contributed by atoms with van der Waals surface area (Å²) in [7, 11) is -0.845. The van der Waals surface area contributed by atoms with Crippen LogP contribution >= 0.6 is 0 Å². The molecular formula is C22H30N2O5S. The minimum atomic E-state index is -3.74. The molecule has 164 valence electrons. The number of hydrogen-bond acceptors (Lipinski definition) is 6. The van der Waals surface area contributed by atoms with Crippen molar-refractivity contribution in [2.24, 2.45) is 0 Å². The smallest absolute Gasteiger partial charge is 0.341 e. The summed E-state index contributed by atoms with van der Waals surface area (Å²) in [5.41, 5.74) is 1.61. The summed E-state index contributed by atoms with van der Waals surface area (Å²) in [4.78, 5) is 14.8. The predicted molar refractivity (Wildman–Crippen MR) is 118 cm³/mol. The molecule has 2 aromatic rings. The van der Waals surface area contributed by atoms with E-state index in [2.05, 4.69) is 4.90 Å². The van der Waals surface area contributed by atoms with Crippen LogP contribution in [-0.2, 0) is 14.8 Å². The van der Waals surface area contributed by atoms with E-state index in [0.717, 1.165) is 23.0 Å². The molecule has 0 aliphatic rings. The Balaban J connectivity index is 2.20. The molecule has 30 heavy (non-hydrogen) atoms. The van der Waals surface area contributed by atoms with Crippen molar-refractivity contribution in [3.05, 3.63) is 53.6 Å². The Labute approximate surface area is 179 Å². The predicted octanol–water partition coefficient (Wildman–Crippen LogP) is 3.33. The number of methoxy groups -OCH3 is 1. The molecule has 0 unspecified atom stereocenters. The average Bonchev–Trinajstić information content (AvgIpc) is 2.75. The van der Waals surface area contributed by atoms with E-state index in [0.29, 0.717) is 12.2 Å². The van der Waals surface area contributed by atoms with Gasteiger partial charge in [-0.25, -0.2) is 13.2 Å². The lowest BCUT2D eigenvalue weighted by Crippen LogP contribution is -2.28. The molecule has 0 heterocycles. The van der Waals surface area contributed by atoms with Crippen molar-refractivity contribution >= 4 is 21.7 Å². The third-order valence-corrected chi connectivity index (χ3v) is 6.78. The minimum Gasteiger partial charge on any atom is -0.496 e.